The van der Waals surface area contributed by atoms with Gasteiger partial charge in [-0.25, -0.2) is 0 Å². The number of halogens is 1. The molecule has 5 nitrogen and oxygen atoms in total. The average molecular weight is 283 g/mol. The average Bonchev–Trinajstić information content (AvgIpc) is 2.47. The topological polar surface area (TPSA) is 74.4 Å². The number of pyridine rings is 1. The highest BCUT2D eigenvalue weighted by molar-refractivity contribution is 6.66. The first-order chi connectivity index (χ1) is 8.66. The molecular weight excluding hydrogens is 266 g/mol. The second kappa shape index (κ2) is 4.47. The molecule has 0 radical (unpaired) electrons. The molecule has 102 valence electrons. The lowest BCUT2D eigenvalue weighted by Gasteiger charge is -2.32. The maximum atomic E-state index is 11.3. The fourth-order valence-corrected chi connectivity index (χ4v) is 2.05. The third-order valence-electron chi connectivity index (χ3n) is 3.68. The van der Waals surface area contributed by atoms with Crippen LogP contribution in [0.5, 0.6) is 0 Å². The largest absolute Gasteiger partial charge is 0.497 e. The van der Waals surface area contributed by atoms with Gasteiger partial charge in [0.1, 0.15) is 0 Å². The van der Waals surface area contributed by atoms with E-state index in [9.17, 15) is 4.79 Å². The van der Waals surface area contributed by atoms with Gasteiger partial charge in [-0.2, -0.15) is 0 Å². The van der Waals surface area contributed by atoms with Crippen molar-refractivity contribution in [3.63, 3.8) is 0 Å². The van der Waals surface area contributed by atoms with Crippen LogP contribution in [0, 0.1) is 0 Å². The fraction of sp³-hybridized carbons (Fsp3) is 0.500. The Morgan fingerprint density at radius 2 is 1.79 bits per heavy atom. The number of rotatable bonds is 2. The summed E-state index contributed by atoms with van der Waals surface area (Å²) in [5.74, 6) is -0.629. The summed E-state index contributed by atoms with van der Waals surface area (Å²) in [7, 11) is -0.663. The molecule has 1 fully saturated rings. The fourth-order valence-electron chi connectivity index (χ4n) is 1.77. The van der Waals surface area contributed by atoms with Gasteiger partial charge in [-0.05, 0) is 27.7 Å². The molecular formula is C12H16BClN2O3. The van der Waals surface area contributed by atoms with Gasteiger partial charge in [-0.3, -0.25) is 9.78 Å². The highest BCUT2D eigenvalue weighted by atomic mass is 35.5. The molecule has 0 atom stereocenters. The van der Waals surface area contributed by atoms with Gasteiger partial charge < -0.3 is 15.0 Å². The summed E-state index contributed by atoms with van der Waals surface area (Å²) < 4.78 is 11.7. The van der Waals surface area contributed by atoms with Crippen molar-refractivity contribution in [2.75, 3.05) is 0 Å². The predicted octanol–water partition coefficient (Wildman–Crippen LogP) is 1.13. The number of carbonyl (C=O) groups is 1. The van der Waals surface area contributed by atoms with E-state index in [-0.39, 0.29) is 10.6 Å². The normalized spacial score (nSPS) is 20.6. The van der Waals surface area contributed by atoms with Crippen LogP contribution in [-0.4, -0.2) is 29.2 Å². The number of carbonyl (C=O) groups excluding carboxylic acids is 1. The molecule has 0 aromatic carbocycles. The van der Waals surface area contributed by atoms with Crippen molar-refractivity contribution in [1.29, 1.82) is 0 Å². The third-order valence-corrected chi connectivity index (χ3v) is 4.10. The quantitative estimate of drug-likeness (QED) is 0.825. The van der Waals surface area contributed by atoms with Crippen molar-refractivity contribution in [1.82, 2.24) is 4.98 Å². The SMILES string of the molecule is CC1(C)OB(c2cncc(C(N)=O)c2Cl)OC1(C)C. The van der Waals surface area contributed by atoms with Gasteiger partial charge in [-0.15, -0.1) is 0 Å². The van der Waals surface area contributed by atoms with Crippen molar-refractivity contribution < 1.29 is 14.1 Å². The van der Waals surface area contributed by atoms with Gasteiger partial charge in [0.05, 0.1) is 21.8 Å². The number of nitrogens with zero attached hydrogens (tertiary/aromatic N) is 1. The van der Waals surface area contributed by atoms with Crippen molar-refractivity contribution in [2.45, 2.75) is 38.9 Å². The van der Waals surface area contributed by atoms with Crippen molar-refractivity contribution in [2.24, 2.45) is 5.73 Å². The van der Waals surface area contributed by atoms with E-state index < -0.39 is 24.2 Å². The zero-order valence-electron chi connectivity index (χ0n) is 11.4. The van der Waals surface area contributed by atoms with Crippen LogP contribution in [0.1, 0.15) is 38.1 Å². The van der Waals surface area contributed by atoms with Crippen LogP contribution in [0.4, 0.5) is 0 Å². The summed E-state index contributed by atoms with van der Waals surface area (Å²) in [6.07, 6.45) is 2.86. The first-order valence-corrected chi connectivity index (χ1v) is 6.32. The van der Waals surface area contributed by atoms with E-state index in [0.717, 1.165) is 0 Å². The summed E-state index contributed by atoms with van der Waals surface area (Å²) in [5.41, 5.74) is 4.95. The first-order valence-electron chi connectivity index (χ1n) is 5.94. The second-order valence-corrected chi connectivity index (χ2v) is 5.92. The molecule has 2 rings (SSSR count). The minimum absolute atomic E-state index is 0.161. The number of nitrogens with two attached hydrogens (primary N) is 1. The molecule has 0 saturated carbocycles. The van der Waals surface area contributed by atoms with E-state index in [4.69, 9.17) is 26.6 Å². The van der Waals surface area contributed by atoms with Crippen LogP contribution in [0.15, 0.2) is 12.4 Å². The maximum absolute atomic E-state index is 11.3. The van der Waals surface area contributed by atoms with Gasteiger partial charge in [0, 0.05) is 17.9 Å². The minimum atomic E-state index is -0.663. The number of amides is 1. The van der Waals surface area contributed by atoms with Crippen molar-refractivity contribution in [3.05, 3.63) is 23.0 Å². The molecule has 2 heterocycles. The minimum Gasteiger partial charge on any atom is -0.399 e. The molecule has 19 heavy (non-hydrogen) atoms. The summed E-state index contributed by atoms with van der Waals surface area (Å²) in [6.45, 7) is 7.75. The molecule has 1 aliphatic rings. The lowest BCUT2D eigenvalue weighted by Crippen LogP contribution is -2.41. The Hall–Kier alpha value is -1.11. The Bertz CT molecular complexity index is 518. The summed E-state index contributed by atoms with van der Waals surface area (Å²) in [6, 6.07) is 0. The molecule has 0 aliphatic carbocycles. The Morgan fingerprint density at radius 3 is 2.26 bits per heavy atom. The molecule has 2 N–H and O–H groups in total. The number of hydrogen-bond donors (Lipinski definition) is 1. The lowest BCUT2D eigenvalue weighted by atomic mass is 9.79. The molecule has 1 saturated heterocycles. The van der Waals surface area contributed by atoms with Crippen LogP contribution in [-0.2, 0) is 9.31 Å². The molecule has 1 aromatic heterocycles. The highest BCUT2D eigenvalue weighted by Gasteiger charge is 2.52. The zero-order chi connectivity index (χ0) is 14.4. The van der Waals surface area contributed by atoms with Gasteiger partial charge in [0.2, 0.25) is 0 Å². The highest BCUT2D eigenvalue weighted by Crippen LogP contribution is 2.37. The first kappa shape index (κ1) is 14.3. The molecule has 1 aliphatic heterocycles. The zero-order valence-corrected chi connectivity index (χ0v) is 12.1. The number of hydrogen-bond acceptors (Lipinski definition) is 4. The van der Waals surface area contributed by atoms with Crippen LogP contribution in [0.2, 0.25) is 5.02 Å². The van der Waals surface area contributed by atoms with E-state index in [2.05, 4.69) is 4.98 Å². The smallest absolute Gasteiger partial charge is 0.399 e. The maximum Gasteiger partial charge on any atom is 0.497 e. The second-order valence-electron chi connectivity index (χ2n) is 5.54. The Balaban J connectivity index is 2.40. The standard InChI is InChI=1S/C12H16BClN2O3/c1-11(2)12(3,4)19-13(18-11)8-6-16-5-7(9(8)14)10(15)17/h5-6H,1-4H3,(H2,15,17). The lowest BCUT2D eigenvalue weighted by molar-refractivity contribution is 0.00578. The van der Waals surface area contributed by atoms with E-state index >= 15 is 0 Å². The van der Waals surface area contributed by atoms with E-state index in [1.165, 1.54) is 12.4 Å². The summed E-state index contributed by atoms with van der Waals surface area (Å²) in [4.78, 5) is 15.2. The molecule has 0 bridgehead atoms. The molecule has 7 heteroatoms. The Morgan fingerprint density at radius 1 is 1.26 bits per heavy atom. The van der Waals surface area contributed by atoms with E-state index in [1.807, 2.05) is 27.7 Å². The van der Waals surface area contributed by atoms with Crippen LogP contribution in [0.3, 0.4) is 0 Å². The molecule has 1 aromatic rings. The van der Waals surface area contributed by atoms with Crippen LogP contribution < -0.4 is 11.2 Å². The van der Waals surface area contributed by atoms with Crippen molar-refractivity contribution >= 4 is 30.1 Å². The number of aromatic nitrogens is 1. The van der Waals surface area contributed by atoms with Crippen molar-refractivity contribution in [3.8, 4) is 0 Å². The monoisotopic (exact) mass is 282 g/mol. The number of primary amides is 1. The molecule has 0 unspecified atom stereocenters. The Kier molecular flexibility index (Phi) is 3.37. The molecule has 1 amide bonds. The van der Waals surface area contributed by atoms with Crippen LogP contribution in [0.25, 0.3) is 0 Å². The Labute approximate surface area is 117 Å². The summed E-state index contributed by atoms with van der Waals surface area (Å²) >= 11 is 6.17. The van der Waals surface area contributed by atoms with E-state index in [1.54, 1.807) is 0 Å². The molecule has 0 spiro atoms. The third kappa shape index (κ3) is 2.36. The van der Waals surface area contributed by atoms with E-state index in [0.29, 0.717) is 5.46 Å². The van der Waals surface area contributed by atoms with Gasteiger partial charge in [-0.1, -0.05) is 11.6 Å². The van der Waals surface area contributed by atoms with Gasteiger partial charge in [0.15, 0.2) is 0 Å². The van der Waals surface area contributed by atoms with Crippen LogP contribution >= 0.6 is 11.6 Å². The van der Waals surface area contributed by atoms with Gasteiger partial charge in [0.25, 0.3) is 5.91 Å². The summed E-state index contributed by atoms with van der Waals surface area (Å²) in [5, 5.41) is 0.223. The predicted molar refractivity (Wildman–Crippen MR) is 73.5 cm³/mol. The van der Waals surface area contributed by atoms with Gasteiger partial charge >= 0.3 is 7.12 Å².